The second kappa shape index (κ2) is 5.23. The van der Waals surface area contributed by atoms with E-state index in [0.29, 0.717) is 16.4 Å². The summed E-state index contributed by atoms with van der Waals surface area (Å²) in [6.45, 7) is 3.56. The lowest BCUT2D eigenvalue weighted by molar-refractivity contribution is 0.102. The molecule has 3 rings (SSSR count). The number of fused-ring (bicyclic) bond motifs is 1. The van der Waals surface area contributed by atoms with Crippen LogP contribution >= 0.6 is 11.6 Å². The summed E-state index contributed by atoms with van der Waals surface area (Å²) in [5.74, 6) is -0.169. The lowest BCUT2D eigenvalue weighted by Gasteiger charge is -2.10. The number of aromatic nitrogens is 1. The molecule has 0 saturated carbocycles. The standard InChI is InChI=1S/C15H14ClN3O/c1-9-4-5-18-14(16)13(9)19-15(20)10-2-3-11-7-17-8-12(11)6-10/h2-6,17H,7-8H2,1H3,(H,19,20). The minimum absolute atomic E-state index is 0.169. The van der Waals surface area contributed by atoms with Gasteiger partial charge in [0.05, 0.1) is 5.69 Å². The Kier molecular flexibility index (Phi) is 3.42. The van der Waals surface area contributed by atoms with Crippen LogP contribution in [0.1, 0.15) is 27.0 Å². The number of hydrogen-bond donors (Lipinski definition) is 2. The Morgan fingerprint density at radius 2 is 2.10 bits per heavy atom. The van der Waals surface area contributed by atoms with Crippen molar-refractivity contribution < 1.29 is 4.79 Å². The molecular formula is C15H14ClN3O. The van der Waals surface area contributed by atoms with Crippen LogP contribution in [0, 0.1) is 6.92 Å². The van der Waals surface area contributed by atoms with Gasteiger partial charge in [0.1, 0.15) is 0 Å². The van der Waals surface area contributed by atoms with Gasteiger partial charge in [-0.2, -0.15) is 0 Å². The highest BCUT2D eigenvalue weighted by Crippen LogP contribution is 2.24. The first-order valence-electron chi connectivity index (χ1n) is 6.40. The van der Waals surface area contributed by atoms with Gasteiger partial charge in [-0.05, 0) is 41.8 Å². The Hall–Kier alpha value is -1.91. The number of pyridine rings is 1. The summed E-state index contributed by atoms with van der Waals surface area (Å²) < 4.78 is 0. The van der Waals surface area contributed by atoms with Gasteiger partial charge in [-0.25, -0.2) is 4.98 Å². The van der Waals surface area contributed by atoms with Crippen LogP contribution in [0.5, 0.6) is 0 Å². The second-order valence-electron chi connectivity index (χ2n) is 4.83. The van der Waals surface area contributed by atoms with E-state index in [1.807, 2.05) is 31.2 Å². The van der Waals surface area contributed by atoms with E-state index in [1.54, 1.807) is 6.20 Å². The Morgan fingerprint density at radius 1 is 1.30 bits per heavy atom. The van der Waals surface area contributed by atoms with E-state index in [4.69, 9.17) is 11.6 Å². The number of halogens is 1. The molecule has 102 valence electrons. The molecule has 5 heteroatoms. The summed E-state index contributed by atoms with van der Waals surface area (Å²) in [6, 6.07) is 7.56. The molecular weight excluding hydrogens is 274 g/mol. The van der Waals surface area contributed by atoms with E-state index in [-0.39, 0.29) is 5.91 Å². The maximum Gasteiger partial charge on any atom is 0.255 e. The van der Waals surface area contributed by atoms with Crippen LogP contribution in [0.15, 0.2) is 30.5 Å². The second-order valence-corrected chi connectivity index (χ2v) is 5.19. The van der Waals surface area contributed by atoms with Crippen molar-refractivity contribution in [3.8, 4) is 0 Å². The number of anilines is 1. The minimum atomic E-state index is -0.169. The van der Waals surface area contributed by atoms with Crippen molar-refractivity contribution in [2.75, 3.05) is 5.32 Å². The third-order valence-corrected chi connectivity index (χ3v) is 3.74. The van der Waals surface area contributed by atoms with Gasteiger partial charge >= 0.3 is 0 Å². The lowest BCUT2D eigenvalue weighted by atomic mass is 10.1. The highest BCUT2D eigenvalue weighted by Gasteiger charge is 2.15. The molecule has 2 aromatic rings. The molecule has 1 aliphatic rings. The summed E-state index contributed by atoms with van der Waals surface area (Å²) in [6.07, 6.45) is 1.62. The van der Waals surface area contributed by atoms with Gasteiger partial charge in [-0.1, -0.05) is 17.7 Å². The topological polar surface area (TPSA) is 54.0 Å². The van der Waals surface area contributed by atoms with Crippen molar-refractivity contribution in [2.45, 2.75) is 20.0 Å². The van der Waals surface area contributed by atoms with Crippen LogP contribution in [0.4, 0.5) is 5.69 Å². The van der Waals surface area contributed by atoms with Gasteiger partial charge < -0.3 is 10.6 Å². The molecule has 0 fully saturated rings. The number of carbonyl (C=O) groups excluding carboxylic acids is 1. The van der Waals surface area contributed by atoms with Crippen LogP contribution in [-0.2, 0) is 13.1 Å². The number of nitrogens with one attached hydrogen (secondary N) is 2. The predicted octanol–water partition coefficient (Wildman–Crippen LogP) is 2.90. The number of benzene rings is 1. The van der Waals surface area contributed by atoms with Crippen molar-refractivity contribution in [3.63, 3.8) is 0 Å². The molecule has 0 bridgehead atoms. The van der Waals surface area contributed by atoms with E-state index in [2.05, 4.69) is 15.6 Å². The first-order chi connectivity index (χ1) is 9.65. The molecule has 20 heavy (non-hydrogen) atoms. The summed E-state index contributed by atoms with van der Waals surface area (Å²) in [7, 11) is 0. The van der Waals surface area contributed by atoms with Crippen molar-refractivity contribution in [3.05, 3.63) is 57.9 Å². The van der Waals surface area contributed by atoms with Gasteiger partial charge in [-0.15, -0.1) is 0 Å². The van der Waals surface area contributed by atoms with Gasteiger partial charge in [0.2, 0.25) is 0 Å². The maximum atomic E-state index is 12.3. The third kappa shape index (κ3) is 2.40. The van der Waals surface area contributed by atoms with Crippen LogP contribution < -0.4 is 10.6 Å². The summed E-state index contributed by atoms with van der Waals surface area (Å²) >= 11 is 6.02. The fraction of sp³-hybridized carbons (Fsp3) is 0.200. The highest BCUT2D eigenvalue weighted by molar-refractivity contribution is 6.32. The molecule has 1 aliphatic heterocycles. The minimum Gasteiger partial charge on any atom is -0.319 e. The fourth-order valence-electron chi connectivity index (χ4n) is 2.30. The molecule has 0 spiro atoms. The number of rotatable bonds is 2. The highest BCUT2D eigenvalue weighted by atomic mass is 35.5. The number of hydrogen-bond acceptors (Lipinski definition) is 3. The molecule has 1 aromatic heterocycles. The fourth-order valence-corrected chi connectivity index (χ4v) is 2.55. The number of carbonyl (C=O) groups is 1. The molecule has 0 atom stereocenters. The SMILES string of the molecule is Cc1ccnc(Cl)c1NC(=O)c1ccc2c(c1)CNC2. The van der Waals surface area contributed by atoms with Crippen LogP contribution in [0.3, 0.4) is 0 Å². The molecule has 1 amide bonds. The monoisotopic (exact) mass is 287 g/mol. The van der Waals surface area contributed by atoms with Gasteiger partial charge in [-0.3, -0.25) is 4.79 Å². The molecule has 4 nitrogen and oxygen atoms in total. The molecule has 2 heterocycles. The Bertz CT molecular complexity index is 665. The number of amides is 1. The van der Waals surface area contributed by atoms with E-state index in [0.717, 1.165) is 18.7 Å². The molecule has 0 aliphatic carbocycles. The van der Waals surface area contributed by atoms with Crippen LogP contribution in [0.25, 0.3) is 0 Å². The molecule has 2 N–H and O–H groups in total. The average Bonchev–Trinajstić information content (AvgIpc) is 2.90. The Morgan fingerprint density at radius 3 is 2.90 bits per heavy atom. The van der Waals surface area contributed by atoms with E-state index in [1.165, 1.54) is 11.1 Å². The predicted molar refractivity (Wildman–Crippen MR) is 78.9 cm³/mol. The molecule has 0 radical (unpaired) electrons. The summed E-state index contributed by atoms with van der Waals surface area (Å²) in [5.41, 5.74) is 4.51. The first-order valence-corrected chi connectivity index (χ1v) is 6.78. The van der Waals surface area contributed by atoms with Crippen LogP contribution in [-0.4, -0.2) is 10.9 Å². The third-order valence-electron chi connectivity index (χ3n) is 3.45. The normalized spacial score (nSPS) is 13.1. The van der Waals surface area contributed by atoms with Crippen molar-refractivity contribution >= 4 is 23.2 Å². The van der Waals surface area contributed by atoms with Crippen molar-refractivity contribution in [1.82, 2.24) is 10.3 Å². The Balaban J connectivity index is 1.86. The van der Waals surface area contributed by atoms with Gasteiger partial charge in [0.15, 0.2) is 5.15 Å². The van der Waals surface area contributed by atoms with E-state index in [9.17, 15) is 4.79 Å². The summed E-state index contributed by atoms with van der Waals surface area (Å²) in [4.78, 5) is 16.3. The number of nitrogens with zero attached hydrogens (tertiary/aromatic N) is 1. The van der Waals surface area contributed by atoms with Gasteiger partial charge in [0, 0.05) is 24.8 Å². The van der Waals surface area contributed by atoms with E-state index >= 15 is 0 Å². The zero-order chi connectivity index (χ0) is 14.1. The van der Waals surface area contributed by atoms with Crippen LogP contribution in [0.2, 0.25) is 5.15 Å². The zero-order valence-corrected chi connectivity index (χ0v) is 11.8. The smallest absolute Gasteiger partial charge is 0.255 e. The lowest BCUT2D eigenvalue weighted by Crippen LogP contribution is -2.14. The first kappa shape index (κ1) is 13.1. The molecule has 0 unspecified atom stereocenters. The number of aryl methyl sites for hydroxylation is 1. The van der Waals surface area contributed by atoms with E-state index < -0.39 is 0 Å². The molecule has 0 saturated heterocycles. The zero-order valence-electron chi connectivity index (χ0n) is 11.0. The Labute approximate surface area is 122 Å². The van der Waals surface area contributed by atoms with Gasteiger partial charge in [0.25, 0.3) is 5.91 Å². The largest absolute Gasteiger partial charge is 0.319 e. The maximum absolute atomic E-state index is 12.3. The van der Waals surface area contributed by atoms with Crippen molar-refractivity contribution in [1.29, 1.82) is 0 Å². The summed E-state index contributed by atoms with van der Waals surface area (Å²) in [5, 5.41) is 6.40. The average molecular weight is 288 g/mol. The quantitative estimate of drug-likeness (QED) is 0.835. The van der Waals surface area contributed by atoms with Crippen molar-refractivity contribution in [2.24, 2.45) is 0 Å². The molecule has 1 aromatic carbocycles.